The molecule has 4 heteroatoms. The topological polar surface area (TPSA) is 46.2 Å². The average molecular weight is 287 g/mol. The van der Waals surface area contributed by atoms with Gasteiger partial charge in [-0.3, -0.25) is 0 Å². The maximum absolute atomic E-state index is 11.7. The molecule has 3 atom stereocenters. The molecule has 112 valence electrons. The van der Waals surface area contributed by atoms with Crippen LogP contribution in [-0.2, 0) is 9.84 Å². The molecule has 0 amide bonds. The summed E-state index contributed by atoms with van der Waals surface area (Å²) < 4.78 is 23.3. The summed E-state index contributed by atoms with van der Waals surface area (Å²) >= 11 is 0. The molecule has 2 fully saturated rings. The highest BCUT2D eigenvalue weighted by atomic mass is 32.2. The predicted molar refractivity (Wildman–Crippen MR) is 80.0 cm³/mol. The molecule has 3 nitrogen and oxygen atoms in total. The van der Waals surface area contributed by atoms with E-state index in [1.165, 1.54) is 32.1 Å². The predicted octanol–water partition coefficient (Wildman–Crippen LogP) is 2.76. The Kier molecular flexibility index (Phi) is 5.29. The van der Waals surface area contributed by atoms with Gasteiger partial charge in [-0.2, -0.15) is 0 Å². The van der Waals surface area contributed by atoms with Gasteiger partial charge in [-0.25, -0.2) is 8.42 Å². The van der Waals surface area contributed by atoms with Gasteiger partial charge < -0.3 is 5.32 Å². The smallest absolute Gasteiger partial charge is 0.151 e. The van der Waals surface area contributed by atoms with Crippen LogP contribution in [0, 0.1) is 11.8 Å². The Hall–Kier alpha value is -0.0900. The molecule has 0 bridgehead atoms. The van der Waals surface area contributed by atoms with Crippen LogP contribution in [0.5, 0.6) is 0 Å². The third-order valence-electron chi connectivity index (χ3n) is 4.89. The number of hydrogen-bond donors (Lipinski definition) is 1. The molecule has 2 aliphatic rings. The summed E-state index contributed by atoms with van der Waals surface area (Å²) in [7, 11) is -2.78. The summed E-state index contributed by atoms with van der Waals surface area (Å²) in [4.78, 5) is 0. The monoisotopic (exact) mass is 287 g/mol. The summed E-state index contributed by atoms with van der Waals surface area (Å²) in [6.07, 6.45) is 8.25. The minimum absolute atomic E-state index is 0.208. The van der Waals surface area contributed by atoms with E-state index in [2.05, 4.69) is 19.2 Å². The van der Waals surface area contributed by atoms with Crippen molar-refractivity contribution in [2.45, 2.75) is 70.9 Å². The van der Waals surface area contributed by atoms with Crippen molar-refractivity contribution in [3.05, 3.63) is 0 Å². The van der Waals surface area contributed by atoms with E-state index in [9.17, 15) is 8.42 Å². The molecule has 0 aromatic rings. The van der Waals surface area contributed by atoms with E-state index in [0.717, 1.165) is 24.7 Å². The van der Waals surface area contributed by atoms with Crippen LogP contribution in [0.15, 0.2) is 0 Å². The van der Waals surface area contributed by atoms with Crippen molar-refractivity contribution in [3.63, 3.8) is 0 Å². The summed E-state index contributed by atoms with van der Waals surface area (Å²) in [6.45, 7) is 4.65. The molecule has 0 aromatic heterocycles. The summed E-state index contributed by atoms with van der Waals surface area (Å²) in [5.74, 6) is 2.40. The zero-order valence-electron chi connectivity index (χ0n) is 12.4. The summed E-state index contributed by atoms with van der Waals surface area (Å²) in [5, 5.41) is 3.63. The first-order valence-electron chi connectivity index (χ1n) is 7.93. The van der Waals surface area contributed by atoms with Gasteiger partial charge in [0, 0.05) is 12.1 Å². The number of sulfone groups is 1. The molecule has 0 radical (unpaired) electrons. The van der Waals surface area contributed by atoms with Gasteiger partial charge in [-0.05, 0) is 43.9 Å². The molecule has 0 aromatic carbocycles. The highest BCUT2D eigenvalue weighted by molar-refractivity contribution is 7.91. The third kappa shape index (κ3) is 4.75. The first kappa shape index (κ1) is 15.3. The zero-order chi connectivity index (χ0) is 13.9. The maximum Gasteiger partial charge on any atom is 0.151 e. The van der Waals surface area contributed by atoms with Gasteiger partial charge in [0.1, 0.15) is 0 Å². The Bertz CT molecular complexity index is 378. The molecule has 1 heterocycles. The molecule has 1 aliphatic carbocycles. The Morgan fingerprint density at radius 2 is 1.68 bits per heavy atom. The minimum atomic E-state index is -2.78. The summed E-state index contributed by atoms with van der Waals surface area (Å²) in [6, 6.07) is 0.751. The van der Waals surface area contributed by atoms with Gasteiger partial charge in [0.15, 0.2) is 9.84 Å². The third-order valence-corrected chi connectivity index (χ3v) is 6.71. The molecule has 0 spiro atoms. The second kappa shape index (κ2) is 6.57. The molecular formula is C15H29NO2S. The normalized spacial score (nSPS) is 36.1. The van der Waals surface area contributed by atoms with E-state index in [1.807, 2.05) is 0 Å². The molecule has 1 saturated heterocycles. The maximum atomic E-state index is 11.7. The minimum Gasteiger partial charge on any atom is -0.310 e. The van der Waals surface area contributed by atoms with Crippen molar-refractivity contribution in [1.82, 2.24) is 5.32 Å². The van der Waals surface area contributed by atoms with Crippen molar-refractivity contribution >= 4 is 9.84 Å². The van der Waals surface area contributed by atoms with Gasteiger partial charge in [-0.15, -0.1) is 0 Å². The second-order valence-electron chi connectivity index (χ2n) is 6.83. The summed E-state index contributed by atoms with van der Waals surface area (Å²) in [5.41, 5.74) is 0. The first-order valence-corrected chi connectivity index (χ1v) is 9.75. The SMILES string of the molecule is CC(C)C1CCCC(NC2CCCS(=O)(=O)C2)CC1. The van der Waals surface area contributed by atoms with Crippen LogP contribution >= 0.6 is 0 Å². The lowest BCUT2D eigenvalue weighted by Gasteiger charge is -2.28. The Labute approximate surface area is 118 Å². The molecule has 1 aliphatic heterocycles. The van der Waals surface area contributed by atoms with E-state index >= 15 is 0 Å². The lowest BCUT2D eigenvalue weighted by molar-refractivity contribution is 0.332. The van der Waals surface area contributed by atoms with E-state index < -0.39 is 9.84 Å². The Morgan fingerprint density at radius 1 is 0.947 bits per heavy atom. The van der Waals surface area contributed by atoms with Crippen molar-refractivity contribution < 1.29 is 8.42 Å². The van der Waals surface area contributed by atoms with Gasteiger partial charge in [0.05, 0.1) is 11.5 Å². The Morgan fingerprint density at radius 3 is 2.37 bits per heavy atom. The zero-order valence-corrected chi connectivity index (χ0v) is 13.2. The molecule has 1 N–H and O–H groups in total. The molecule has 3 unspecified atom stereocenters. The lowest BCUT2D eigenvalue weighted by Crippen LogP contribution is -2.45. The molecular weight excluding hydrogens is 258 g/mol. The number of hydrogen-bond acceptors (Lipinski definition) is 3. The quantitative estimate of drug-likeness (QED) is 0.812. The highest BCUT2D eigenvalue weighted by Crippen LogP contribution is 2.29. The van der Waals surface area contributed by atoms with Crippen LogP contribution in [0.2, 0.25) is 0 Å². The standard InChI is InChI=1S/C15H29NO2S/c1-12(2)13-5-3-6-14(9-8-13)16-15-7-4-10-19(17,18)11-15/h12-16H,3-11H2,1-2H3. The van der Waals surface area contributed by atoms with Gasteiger partial charge in [0.2, 0.25) is 0 Å². The van der Waals surface area contributed by atoms with E-state index in [1.54, 1.807) is 0 Å². The van der Waals surface area contributed by atoms with Gasteiger partial charge in [0.25, 0.3) is 0 Å². The van der Waals surface area contributed by atoms with E-state index in [0.29, 0.717) is 17.5 Å². The van der Waals surface area contributed by atoms with Gasteiger partial charge in [-0.1, -0.05) is 26.7 Å². The largest absolute Gasteiger partial charge is 0.310 e. The first-order chi connectivity index (χ1) is 8.96. The van der Waals surface area contributed by atoms with E-state index in [-0.39, 0.29) is 6.04 Å². The fourth-order valence-electron chi connectivity index (χ4n) is 3.65. The fourth-order valence-corrected chi connectivity index (χ4v) is 5.30. The molecule has 19 heavy (non-hydrogen) atoms. The molecule has 2 rings (SSSR count). The van der Waals surface area contributed by atoms with Crippen molar-refractivity contribution in [3.8, 4) is 0 Å². The van der Waals surface area contributed by atoms with Crippen LogP contribution in [-0.4, -0.2) is 32.0 Å². The van der Waals surface area contributed by atoms with Crippen molar-refractivity contribution in [1.29, 1.82) is 0 Å². The lowest BCUT2D eigenvalue weighted by atomic mass is 9.89. The number of rotatable bonds is 3. The van der Waals surface area contributed by atoms with Crippen LogP contribution < -0.4 is 5.32 Å². The second-order valence-corrected chi connectivity index (χ2v) is 9.06. The number of nitrogens with one attached hydrogen (secondary N) is 1. The molecule has 1 saturated carbocycles. The van der Waals surface area contributed by atoms with Crippen molar-refractivity contribution in [2.24, 2.45) is 11.8 Å². The Balaban J connectivity index is 1.83. The fraction of sp³-hybridized carbons (Fsp3) is 1.00. The van der Waals surface area contributed by atoms with Crippen molar-refractivity contribution in [2.75, 3.05) is 11.5 Å². The van der Waals surface area contributed by atoms with Crippen LogP contribution in [0.1, 0.15) is 58.8 Å². The van der Waals surface area contributed by atoms with Gasteiger partial charge >= 0.3 is 0 Å². The van der Waals surface area contributed by atoms with Crippen LogP contribution in [0.25, 0.3) is 0 Å². The van der Waals surface area contributed by atoms with E-state index in [4.69, 9.17) is 0 Å². The average Bonchev–Trinajstić information content (AvgIpc) is 2.53. The van der Waals surface area contributed by atoms with Crippen LogP contribution in [0.4, 0.5) is 0 Å². The van der Waals surface area contributed by atoms with Crippen LogP contribution in [0.3, 0.4) is 0 Å². The highest BCUT2D eigenvalue weighted by Gasteiger charge is 2.28.